The number of nitrogens with zero attached hydrogens (tertiary/aromatic N) is 2. The number of furan rings is 1. The van der Waals surface area contributed by atoms with Crippen LogP contribution in [0.1, 0.15) is 21.7 Å². The van der Waals surface area contributed by atoms with Crippen molar-refractivity contribution in [1.29, 1.82) is 0 Å². The van der Waals surface area contributed by atoms with E-state index in [-0.39, 0.29) is 17.0 Å². The fourth-order valence-corrected chi connectivity index (χ4v) is 2.52. The number of carboxylic acid groups (broad SMARTS) is 1. The van der Waals surface area contributed by atoms with Crippen molar-refractivity contribution in [3.05, 3.63) is 75.5 Å². The first-order valence-electron chi connectivity index (χ1n) is 8.06. The topological polar surface area (TPSA) is 138 Å². The summed E-state index contributed by atoms with van der Waals surface area (Å²) in [5.41, 5.74) is 3.79. The normalized spacial score (nSPS) is 10.9. The van der Waals surface area contributed by atoms with Gasteiger partial charge in [-0.25, -0.2) is 4.79 Å². The monoisotopic (exact) mass is 381 g/mol. The molecule has 0 aliphatic carbocycles. The predicted octanol–water partition coefficient (Wildman–Crippen LogP) is 4.01. The van der Waals surface area contributed by atoms with Gasteiger partial charge < -0.3 is 14.6 Å². The summed E-state index contributed by atoms with van der Waals surface area (Å²) in [6.45, 7) is 1.77. The van der Waals surface area contributed by atoms with Gasteiger partial charge in [0.25, 0.3) is 5.69 Å². The van der Waals surface area contributed by atoms with Crippen molar-refractivity contribution in [3.8, 4) is 17.1 Å². The lowest BCUT2D eigenvalue weighted by atomic mass is 10.1. The van der Waals surface area contributed by atoms with Gasteiger partial charge in [0.1, 0.15) is 22.8 Å². The first-order valence-corrected chi connectivity index (χ1v) is 8.06. The van der Waals surface area contributed by atoms with Crippen LogP contribution in [0.4, 0.5) is 11.4 Å². The molecule has 0 fully saturated rings. The molecule has 0 atom stereocenters. The molecule has 1 aromatic heterocycles. The summed E-state index contributed by atoms with van der Waals surface area (Å²) in [5, 5.41) is 33.7. The maximum atomic E-state index is 11.3. The van der Waals surface area contributed by atoms with Gasteiger partial charge in [-0.3, -0.25) is 15.5 Å². The molecule has 3 rings (SSSR count). The van der Waals surface area contributed by atoms with Crippen LogP contribution in [-0.4, -0.2) is 27.3 Å². The van der Waals surface area contributed by atoms with E-state index in [0.29, 0.717) is 22.8 Å². The number of benzene rings is 2. The number of phenols is 1. The van der Waals surface area contributed by atoms with Gasteiger partial charge in [0.15, 0.2) is 0 Å². The second kappa shape index (κ2) is 7.62. The van der Waals surface area contributed by atoms with Crippen molar-refractivity contribution in [1.82, 2.24) is 0 Å². The summed E-state index contributed by atoms with van der Waals surface area (Å²) >= 11 is 0. The molecule has 0 saturated heterocycles. The Hall–Kier alpha value is -4.14. The van der Waals surface area contributed by atoms with Crippen LogP contribution in [0.2, 0.25) is 0 Å². The van der Waals surface area contributed by atoms with E-state index in [4.69, 9.17) is 9.52 Å². The minimum absolute atomic E-state index is 0.0544. The minimum atomic E-state index is -1.26. The average molecular weight is 381 g/mol. The fourth-order valence-electron chi connectivity index (χ4n) is 2.52. The van der Waals surface area contributed by atoms with Crippen LogP contribution in [-0.2, 0) is 0 Å². The number of hydrazone groups is 1. The highest BCUT2D eigenvalue weighted by Crippen LogP contribution is 2.31. The molecule has 0 bridgehead atoms. The van der Waals surface area contributed by atoms with Gasteiger partial charge in [-0.15, -0.1) is 0 Å². The van der Waals surface area contributed by atoms with Gasteiger partial charge in [-0.05, 0) is 48.9 Å². The van der Waals surface area contributed by atoms with E-state index >= 15 is 0 Å². The lowest BCUT2D eigenvalue weighted by Crippen LogP contribution is -1.98. The molecule has 142 valence electrons. The maximum Gasteiger partial charge on any atom is 0.339 e. The van der Waals surface area contributed by atoms with Crippen molar-refractivity contribution in [2.24, 2.45) is 5.10 Å². The summed E-state index contributed by atoms with van der Waals surface area (Å²) in [5.74, 6) is -0.946. The van der Waals surface area contributed by atoms with Gasteiger partial charge >= 0.3 is 5.97 Å². The molecule has 3 N–H and O–H groups in total. The van der Waals surface area contributed by atoms with Crippen molar-refractivity contribution in [2.75, 3.05) is 5.43 Å². The minimum Gasteiger partial charge on any atom is -0.507 e. The SMILES string of the molecule is Cc1ccc(-c2ccc(C=NNc3ccc(O)c(C(=O)O)c3)o2)c([N+](=O)[O-])c1. The number of carboxylic acids is 1. The van der Waals surface area contributed by atoms with E-state index in [1.807, 2.05) is 0 Å². The molecule has 0 amide bonds. The van der Waals surface area contributed by atoms with Crippen LogP contribution in [0.15, 0.2) is 58.0 Å². The van der Waals surface area contributed by atoms with E-state index < -0.39 is 10.9 Å². The fraction of sp³-hybridized carbons (Fsp3) is 0.0526. The van der Waals surface area contributed by atoms with Crippen molar-refractivity contribution in [3.63, 3.8) is 0 Å². The van der Waals surface area contributed by atoms with Crippen LogP contribution in [0.3, 0.4) is 0 Å². The lowest BCUT2D eigenvalue weighted by Gasteiger charge is -2.03. The van der Waals surface area contributed by atoms with Crippen molar-refractivity contribution >= 4 is 23.6 Å². The van der Waals surface area contributed by atoms with Gasteiger partial charge in [0, 0.05) is 6.07 Å². The molecule has 0 aliphatic heterocycles. The highest BCUT2D eigenvalue weighted by Gasteiger charge is 2.18. The molecule has 28 heavy (non-hydrogen) atoms. The average Bonchev–Trinajstić information content (AvgIpc) is 3.11. The van der Waals surface area contributed by atoms with Crippen LogP contribution in [0, 0.1) is 17.0 Å². The third-order valence-corrected chi connectivity index (χ3v) is 3.85. The molecule has 0 radical (unpaired) electrons. The summed E-state index contributed by atoms with van der Waals surface area (Å²) in [6.07, 6.45) is 1.34. The van der Waals surface area contributed by atoms with E-state index in [1.54, 1.807) is 31.2 Å². The predicted molar refractivity (Wildman–Crippen MR) is 102 cm³/mol. The molecule has 2 aromatic carbocycles. The molecule has 0 unspecified atom stereocenters. The number of aromatic carboxylic acids is 1. The molecular formula is C19H15N3O6. The number of aryl methyl sites for hydroxylation is 1. The summed E-state index contributed by atoms with van der Waals surface area (Å²) in [4.78, 5) is 21.8. The number of nitrogens with one attached hydrogen (secondary N) is 1. The Morgan fingerprint density at radius 2 is 2.00 bits per heavy atom. The van der Waals surface area contributed by atoms with E-state index in [1.165, 1.54) is 30.5 Å². The molecule has 1 heterocycles. The molecular weight excluding hydrogens is 366 g/mol. The van der Waals surface area contributed by atoms with Gasteiger partial charge in [-0.1, -0.05) is 6.07 Å². The van der Waals surface area contributed by atoms with Gasteiger partial charge in [0.2, 0.25) is 0 Å². The molecule has 9 heteroatoms. The molecule has 0 aliphatic rings. The zero-order valence-electron chi connectivity index (χ0n) is 14.6. The zero-order valence-corrected chi connectivity index (χ0v) is 14.6. The Morgan fingerprint density at radius 3 is 2.71 bits per heavy atom. The first kappa shape index (κ1) is 18.6. The quantitative estimate of drug-likeness (QED) is 0.254. The third-order valence-electron chi connectivity index (χ3n) is 3.85. The zero-order chi connectivity index (χ0) is 20.3. The van der Waals surface area contributed by atoms with Crippen LogP contribution in [0.5, 0.6) is 5.75 Å². The number of hydrogen-bond donors (Lipinski definition) is 3. The number of nitro groups is 1. The number of carbonyl (C=O) groups is 1. The lowest BCUT2D eigenvalue weighted by molar-refractivity contribution is -0.384. The number of hydrogen-bond acceptors (Lipinski definition) is 7. The first-order chi connectivity index (χ1) is 13.3. The van der Waals surface area contributed by atoms with Crippen LogP contribution < -0.4 is 5.43 Å². The molecule has 9 nitrogen and oxygen atoms in total. The van der Waals surface area contributed by atoms with E-state index in [0.717, 1.165) is 5.56 Å². The summed E-state index contributed by atoms with van der Waals surface area (Å²) in [7, 11) is 0. The maximum absolute atomic E-state index is 11.3. The van der Waals surface area contributed by atoms with Crippen molar-refractivity contribution < 1.29 is 24.3 Å². The number of rotatable bonds is 6. The number of anilines is 1. The summed E-state index contributed by atoms with van der Waals surface area (Å²) in [6, 6.07) is 12.0. The van der Waals surface area contributed by atoms with Crippen LogP contribution in [0.25, 0.3) is 11.3 Å². The molecule has 0 spiro atoms. The standard InChI is InChI=1S/C19H15N3O6/c1-11-2-5-14(16(8-11)22(26)27)18-7-4-13(28-18)10-20-21-12-3-6-17(23)15(9-12)19(24)25/h2-10,21,23H,1H3,(H,24,25). The van der Waals surface area contributed by atoms with Crippen LogP contribution >= 0.6 is 0 Å². The second-order valence-corrected chi connectivity index (χ2v) is 5.89. The molecule has 0 saturated carbocycles. The van der Waals surface area contributed by atoms with E-state index in [9.17, 15) is 20.0 Å². The number of aromatic hydroxyl groups is 1. The van der Waals surface area contributed by atoms with Crippen molar-refractivity contribution in [2.45, 2.75) is 6.92 Å². The highest BCUT2D eigenvalue weighted by atomic mass is 16.6. The van der Waals surface area contributed by atoms with E-state index in [2.05, 4.69) is 10.5 Å². The Kier molecular flexibility index (Phi) is 5.07. The third kappa shape index (κ3) is 3.98. The van der Waals surface area contributed by atoms with Gasteiger partial charge in [0.05, 0.1) is 22.4 Å². The van der Waals surface area contributed by atoms with Gasteiger partial charge in [-0.2, -0.15) is 5.10 Å². The smallest absolute Gasteiger partial charge is 0.339 e. The second-order valence-electron chi connectivity index (χ2n) is 5.89. The largest absolute Gasteiger partial charge is 0.507 e. The Balaban J connectivity index is 1.78. The summed E-state index contributed by atoms with van der Waals surface area (Å²) < 4.78 is 5.59. The molecule has 3 aromatic rings. The Morgan fingerprint density at radius 1 is 1.21 bits per heavy atom. The highest BCUT2D eigenvalue weighted by molar-refractivity contribution is 5.92. The number of nitro benzene ring substituents is 1. The Labute approximate surface area is 158 Å². The Bertz CT molecular complexity index is 1090.